The molecule has 0 aliphatic carbocycles. The van der Waals surface area contributed by atoms with Gasteiger partial charge in [-0.25, -0.2) is 19.4 Å². The van der Waals surface area contributed by atoms with Gasteiger partial charge in [0.25, 0.3) is 5.91 Å². The highest BCUT2D eigenvalue weighted by molar-refractivity contribution is 6.02. The zero-order chi connectivity index (χ0) is 24.8. The van der Waals surface area contributed by atoms with E-state index in [1.807, 2.05) is 31.3 Å². The lowest BCUT2D eigenvalue weighted by Gasteiger charge is -2.26. The van der Waals surface area contributed by atoms with Crippen LogP contribution in [0.2, 0.25) is 0 Å². The van der Waals surface area contributed by atoms with E-state index >= 15 is 0 Å². The molecular formula is C27H28FN5O2. The van der Waals surface area contributed by atoms with Crippen LogP contribution < -0.4 is 5.32 Å². The minimum absolute atomic E-state index is 0.0534. The fourth-order valence-corrected chi connectivity index (χ4v) is 3.72. The van der Waals surface area contributed by atoms with Crippen LogP contribution in [-0.2, 0) is 11.2 Å². The Morgan fingerprint density at radius 3 is 2.60 bits per heavy atom. The highest BCUT2D eigenvalue weighted by Gasteiger charge is 2.16. The lowest BCUT2D eigenvalue weighted by Crippen LogP contribution is -2.34. The van der Waals surface area contributed by atoms with Crippen molar-refractivity contribution in [2.24, 2.45) is 4.99 Å². The zero-order valence-electron chi connectivity index (χ0n) is 20.0. The second-order valence-electron chi connectivity index (χ2n) is 8.42. The van der Waals surface area contributed by atoms with E-state index in [-0.39, 0.29) is 17.7 Å². The van der Waals surface area contributed by atoms with Gasteiger partial charge in [-0.3, -0.25) is 4.79 Å². The normalized spacial score (nSPS) is 13.4. The third kappa shape index (κ3) is 5.96. The standard InChI is InChI=1S/C27H28FN5O2/c1-18(13-14-35-3)33(2)25-6-4-5-20-15-23(11-12-24(20)32-25)31-27(34)26-29-16-21(17-30-26)19-7-9-22(28)10-8-19/h4,6-12,15-18H,5,13-14H2,1-3H3,(H,31,34). The number of aromatic nitrogens is 2. The Labute approximate surface area is 204 Å². The van der Waals surface area contributed by atoms with Crippen LogP contribution in [0.15, 0.2) is 72.0 Å². The van der Waals surface area contributed by atoms with Gasteiger partial charge in [0.1, 0.15) is 11.7 Å². The van der Waals surface area contributed by atoms with E-state index in [9.17, 15) is 9.18 Å². The van der Waals surface area contributed by atoms with Gasteiger partial charge in [0, 0.05) is 50.5 Å². The zero-order valence-corrected chi connectivity index (χ0v) is 20.0. The number of nitrogens with zero attached hydrogens (tertiary/aromatic N) is 4. The molecule has 1 atom stereocenters. The summed E-state index contributed by atoms with van der Waals surface area (Å²) in [7, 11) is 3.74. The number of carbonyl (C=O) groups is 1. The number of amidine groups is 1. The number of hydrogen-bond donors (Lipinski definition) is 1. The second-order valence-corrected chi connectivity index (χ2v) is 8.42. The van der Waals surface area contributed by atoms with Gasteiger partial charge in [-0.15, -0.1) is 0 Å². The first-order valence-electron chi connectivity index (χ1n) is 11.4. The summed E-state index contributed by atoms with van der Waals surface area (Å²) in [4.78, 5) is 28.0. The first-order valence-corrected chi connectivity index (χ1v) is 11.4. The monoisotopic (exact) mass is 473 g/mol. The molecule has 35 heavy (non-hydrogen) atoms. The molecule has 1 unspecified atom stereocenters. The Kier molecular flexibility index (Phi) is 7.62. The molecule has 8 heteroatoms. The summed E-state index contributed by atoms with van der Waals surface area (Å²) >= 11 is 0. The van der Waals surface area contributed by atoms with Gasteiger partial charge in [0.2, 0.25) is 5.82 Å². The Bertz CT molecular complexity index is 1240. The van der Waals surface area contributed by atoms with Gasteiger partial charge >= 0.3 is 0 Å². The Morgan fingerprint density at radius 1 is 1.14 bits per heavy atom. The lowest BCUT2D eigenvalue weighted by atomic mass is 10.1. The van der Waals surface area contributed by atoms with Gasteiger partial charge < -0.3 is 15.0 Å². The van der Waals surface area contributed by atoms with Gasteiger partial charge in [-0.1, -0.05) is 18.2 Å². The summed E-state index contributed by atoms with van der Waals surface area (Å²) in [6.45, 7) is 2.84. The number of carbonyl (C=O) groups excluding carboxylic acids is 1. The third-order valence-corrected chi connectivity index (χ3v) is 5.97. The minimum Gasteiger partial charge on any atom is -0.385 e. The molecule has 2 heterocycles. The Hall–Kier alpha value is -3.91. The molecule has 3 aromatic rings. The highest BCUT2D eigenvalue weighted by Crippen LogP contribution is 2.27. The molecule has 0 saturated carbocycles. The molecule has 180 valence electrons. The van der Waals surface area contributed by atoms with Crippen LogP contribution in [0.25, 0.3) is 11.1 Å². The summed E-state index contributed by atoms with van der Waals surface area (Å²) in [6.07, 6.45) is 8.82. The molecule has 0 saturated heterocycles. The minimum atomic E-state index is -0.407. The predicted octanol–water partition coefficient (Wildman–Crippen LogP) is 5.03. The van der Waals surface area contributed by atoms with E-state index in [2.05, 4.69) is 33.2 Å². The van der Waals surface area contributed by atoms with Crippen molar-refractivity contribution in [1.82, 2.24) is 14.9 Å². The molecule has 0 radical (unpaired) electrons. The van der Waals surface area contributed by atoms with Crippen molar-refractivity contribution < 1.29 is 13.9 Å². The fraction of sp³-hybridized carbons (Fsp3) is 0.259. The number of anilines is 1. The number of benzene rings is 2. The van der Waals surface area contributed by atoms with Crippen molar-refractivity contribution in [3.8, 4) is 11.1 Å². The summed E-state index contributed by atoms with van der Waals surface area (Å²) in [5.41, 5.74) is 4.01. The number of halogens is 1. The lowest BCUT2D eigenvalue weighted by molar-refractivity contribution is 0.101. The van der Waals surface area contributed by atoms with Crippen molar-refractivity contribution in [3.63, 3.8) is 0 Å². The molecule has 4 rings (SSSR count). The Morgan fingerprint density at radius 2 is 1.89 bits per heavy atom. The second kappa shape index (κ2) is 11.0. The molecule has 0 bridgehead atoms. The number of nitrogens with one attached hydrogen (secondary N) is 1. The number of hydrogen-bond acceptors (Lipinski definition) is 6. The van der Waals surface area contributed by atoms with Gasteiger partial charge in [0.15, 0.2) is 0 Å². The maximum Gasteiger partial charge on any atom is 0.293 e. The van der Waals surface area contributed by atoms with E-state index in [4.69, 9.17) is 9.73 Å². The molecule has 2 aromatic carbocycles. The van der Waals surface area contributed by atoms with E-state index in [1.54, 1.807) is 31.6 Å². The van der Waals surface area contributed by atoms with Crippen molar-refractivity contribution in [1.29, 1.82) is 0 Å². The van der Waals surface area contributed by atoms with E-state index < -0.39 is 5.91 Å². The molecule has 1 N–H and O–H groups in total. The van der Waals surface area contributed by atoms with Crippen LogP contribution >= 0.6 is 0 Å². The number of amides is 1. The molecule has 0 spiro atoms. The third-order valence-electron chi connectivity index (χ3n) is 5.97. The first-order chi connectivity index (χ1) is 16.9. The largest absolute Gasteiger partial charge is 0.385 e. The van der Waals surface area contributed by atoms with Crippen molar-refractivity contribution in [3.05, 3.63) is 84.2 Å². The molecule has 0 fully saturated rings. The summed E-state index contributed by atoms with van der Waals surface area (Å²) in [5.74, 6) is 0.222. The molecule has 1 aliphatic heterocycles. The summed E-state index contributed by atoms with van der Waals surface area (Å²) in [6, 6.07) is 12.0. The number of likely N-dealkylation sites (N-methyl/N-ethyl adjacent to an activating group) is 1. The van der Waals surface area contributed by atoms with Gasteiger partial charge in [0.05, 0.1) is 5.69 Å². The van der Waals surface area contributed by atoms with Crippen molar-refractivity contribution in [2.45, 2.75) is 25.8 Å². The Balaban J connectivity index is 1.45. The van der Waals surface area contributed by atoms with Gasteiger partial charge in [-0.05, 0) is 67.3 Å². The fourth-order valence-electron chi connectivity index (χ4n) is 3.72. The summed E-state index contributed by atoms with van der Waals surface area (Å²) < 4.78 is 18.3. The smallest absolute Gasteiger partial charge is 0.293 e. The molecular weight excluding hydrogens is 445 g/mol. The molecule has 1 amide bonds. The van der Waals surface area contributed by atoms with Crippen LogP contribution in [0.1, 0.15) is 29.5 Å². The van der Waals surface area contributed by atoms with Gasteiger partial charge in [-0.2, -0.15) is 0 Å². The van der Waals surface area contributed by atoms with Crippen molar-refractivity contribution >= 4 is 23.1 Å². The average Bonchev–Trinajstić information content (AvgIpc) is 3.09. The van der Waals surface area contributed by atoms with Crippen LogP contribution in [0, 0.1) is 5.82 Å². The van der Waals surface area contributed by atoms with Crippen LogP contribution in [0.3, 0.4) is 0 Å². The molecule has 1 aromatic heterocycles. The summed E-state index contributed by atoms with van der Waals surface area (Å²) in [5, 5.41) is 2.86. The number of ether oxygens (including phenoxy) is 1. The maximum absolute atomic E-state index is 13.1. The number of fused-ring (bicyclic) bond motifs is 1. The quantitative estimate of drug-likeness (QED) is 0.520. The average molecular weight is 474 g/mol. The van der Waals surface area contributed by atoms with Crippen LogP contribution in [-0.4, -0.2) is 53.4 Å². The van der Waals surface area contributed by atoms with E-state index in [0.717, 1.165) is 29.1 Å². The first kappa shape index (κ1) is 24.2. The molecule has 1 aliphatic rings. The number of aliphatic imine (C=N–C) groups is 1. The van der Waals surface area contributed by atoms with Crippen LogP contribution in [0.5, 0.6) is 0 Å². The van der Waals surface area contributed by atoms with Crippen molar-refractivity contribution in [2.75, 3.05) is 26.1 Å². The topological polar surface area (TPSA) is 79.7 Å². The van der Waals surface area contributed by atoms with E-state index in [0.29, 0.717) is 24.3 Å². The number of rotatable bonds is 7. The maximum atomic E-state index is 13.1. The SMILES string of the molecule is COCCC(C)N(C)C1=Nc2ccc(NC(=O)c3ncc(-c4ccc(F)cc4)cn3)cc2CC=C1. The number of methoxy groups -OCH3 is 1. The highest BCUT2D eigenvalue weighted by atomic mass is 19.1. The van der Waals surface area contributed by atoms with E-state index in [1.165, 1.54) is 12.1 Å². The predicted molar refractivity (Wildman–Crippen MR) is 135 cm³/mol. The molecule has 7 nitrogen and oxygen atoms in total. The van der Waals surface area contributed by atoms with Crippen LogP contribution in [0.4, 0.5) is 15.8 Å². The number of allylic oxidation sites excluding steroid dienone is 1.